The molecule has 1 aromatic carbocycles. The standard InChI is InChI=1S/C21H28N4O2/c26-21(20-9-12-25(23-20)19-7-4-10-22-13-19)24-11-8-18(14-24)16-27-15-17-5-2-1-3-6-17/h1-3,5-6,9,12,18-19,22H,4,7-8,10-11,13-16H2. The van der Waals surface area contributed by atoms with E-state index in [0.717, 1.165) is 45.4 Å². The van der Waals surface area contributed by atoms with E-state index in [1.165, 1.54) is 5.56 Å². The third-order valence-corrected chi connectivity index (χ3v) is 5.51. The van der Waals surface area contributed by atoms with E-state index in [2.05, 4.69) is 22.5 Å². The van der Waals surface area contributed by atoms with Gasteiger partial charge in [-0.3, -0.25) is 9.48 Å². The molecule has 144 valence electrons. The van der Waals surface area contributed by atoms with E-state index in [4.69, 9.17) is 4.74 Å². The van der Waals surface area contributed by atoms with E-state index >= 15 is 0 Å². The Hall–Kier alpha value is -2.18. The SMILES string of the molecule is O=C(c1ccn(C2CCCNC2)n1)N1CCC(COCc2ccccc2)C1. The maximum absolute atomic E-state index is 12.8. The van der Waals surface area contributed by atoms with Crippen molar-refractivity contribution in [3.8, 4) is 0 Å². The van der Waals surface area contributed by atoms with Gasteiger partial charge in [-0.2, -0.15) is 5.10 Å². The lowest BCUT2D eigenvalue weighted by Gasteiger charge is -2.23. The molecule has 0 saturated carbocycles. The van der Waals surface area contributed by atoms with Gasteiger partial charge in [-0.15, -0.1) is 0 Å². The lowest BCUT2D eigenvalue weighted by atomic mass is 10.1. The average Bonchev–Trinajstić information content (AvgIpc) is 3.39. The Morgan fingerprint density at radius 1 is 1.22 bits per heavy atom. The molecule has 2 aliphatic heterocycles. The molecule has 2 aliphatic rings. The lowest BCUT2D eigenvalue weighted by molar-refractivity contribution is 0.0727. The Labute approximate surface area is 160 Å². The third-order valence-electron chi connectivity index (χ3n) is 5.51. The lowest BCUT2D eigenvalue weighted by Crippen LogP contribution is -2.32. The molecule has 2 unspecified atom stereocenters. The molecule has 2 fully saturated rings. The van der Waals surface area contributed by atoms with Crippen LogP contribution < -0.4 is 5.32 Å². The van der Waals surface area contributed by atoms with Gasteiger partial charge >= 0.3 is 0 Å². The maximum Gasteiger partial charge on any atom is 0.274 e. The highest BCUT2D eigenvalue weighted by molar-refractivity contribution is 5.92. The Morgan fingerprint density at radius 2 is 2.11 bits per heavy atom. The number of likely N-dealkylation sites (tertiary alicyclic amines) is 1. The van der Waals surface area contributed by atoms with Crippen molar-refractivity contribution in [2.45, 2.75) is 31.9 Å². The summed E-state index contributed by atoms with van der Waals surface area (Å²) in [5, 5.41) is 7.95. The van der Waals surface area contributed by atoms with Crippen LogP contribution >= 0.6 is 0 Å². The molecule has 1 amide bonds. The number of amides is 1. The second-order valence-electron chi connectivity index (χ2n) is 7.59. The fraction of sp³-hybridized carbons (Fsp3) is 0.524. The minimum Gasteiger partial charge on any atom is -0.376 e. The van der Waals surface area contributed by atoms with Crippen molar-refractivity contribution in [1.29, 1.82) is 0 Å². The fourth-order valence-electron chi connectivity index (χ4n) is 3.95. The third kappa shape index (κ3) is 4.57. The summed E-state index contributed by atoms with van der Waals surface area (Å²) in [4.78, 5) is 14.7. The average molecular weight is 368 g/mol. The maximum atomic E-state index is 12.8. The largest absolute Gasteiger partial charge is 0.376 e. The smallest absolute Gasteiger partial charge is 0.274 e. The van der Waals surface area contributed by atoms with Crippen molar-refractivity contribution < 1.29 is 9.53 Å². The monoisotopic (exact) mass is 368 g/mol. The minimum absolute atomic E-state index is 0.0445. The molecule has 2 saturated heterocycles. The summed E-state index contributed by atoms with van der Waals surface area (Å²) in [5.74, 6) is 0.449. The molecule has 0 bridgehead atoms. The molecule has 0 radical (unpaired) electrons. The number of hydrogen-bond donors (Lipinski definition) is 1. The number of rotatable bonds is 6. The Kier molecular flexibility index (Phi) is 5.84. The van der Waals surface area contributed by atoms with Crippen molar-refractivity contribution >= 4 is 5.91 Å². The van der Waals surface area contributed by atoms with Gasteiger partial charge in [0.15, 0.2) is 0 Å². The van der Waals surface area contributed by atoms with Crippen molar-refractivity contribution in [1.82, 2.24) is 20.0 Å². The van der Waals surface area contributed by atoms with Crippen LogP contribution in [0.15, 0.2) is 42.6 Å². The van der Waals surface area contributed by atoms with Crippen LogP contribution in [0.25, 0.3) is 0 Å². The number of carbonyl (C=O) groups excluding carboxylic acids is 1. The van der Waals surface area contributed by atoms with Gasteiger partial charge in [0.05, 0.1) is 19.3 Å². The number of hydrogen-bond acceptors (Lipinski definition) is 4. The summed E-state index contributed by atoms with van der Waals surface area (Å²) in [7, 11) is 0. The van der Waals surface area contributed by atoms with Crippen LogP contribution in [0, 0.1) is 5.92 Å². The van der Waals surface area contributed by atoms with Crippen LogP contribution in [0.5, 0.6) is 0 Å². The van der Waals surface area contributed by atoms with Gasteiger partial charge in [0.1, 0.15) is 5.69 Å². The molecular formula is C21H28N4O2. The van der Waals surface area contributed by atoms with Gasteiger partial charge < -0.3 is 15.0 Å². The van der Waals surface area contributed by atoms with Crippen molar-refractivity contribution in [3.63, 3.8) is 0 Å². The van der Waals surface area contributed by atoms with E-state index in [1.54, 1.807) is 0 Å². The predicted octanol–water partition coefficient (Wildman–Crippen LogP) is 2.49. The molecule has 27 heavy (non-hydrogen) atoms. The summed E-state index contributed by atoms with van der Waals surface area (Å²) in [6, 6.07) is 12.4. The number of nitrogens with one attached hydrogen (secondary N) is 1. The molecule has 6 nitrogen and oxygen atoms in total. The number of aromatic nitrogens is 2. The number of benzene rings is 1. The van der Waals surface area contributed by atoms with Crippen LogP contribution in [0.1, 0.15) is 41.4 Å². The zero-order chi connectivity index (χ0) is 18.5. The first-order valence-corrected chi connectivity index (χ1v) is 9.96. The van der Waals surface area contributed by atoms with E-state index in [1.807, 2.05) is 40.0 Å². The first kappa shape index (κ1) is 18.2. The number of piperidine rings is 1. The molecule has 2 atom stereocenters. The summed E-state index contributed by atoms with van der Waals surface area (Å²) in [6.45, 7) is 4.87. The summed E-state index contributed by atoms with van der Waals surface area (Å²) >= 11 is 0. The summed E-state index contributed by atoms with van der Waals surface area (Å²) < 4.78 is 7.81. The Balaban J connectivity index is 1.26. The van der Waals surface area contributed by atoms with E-state index in [9.17, 15) is 4.79 Å². The van der Waals surface area contributed by atoms with Crippen molar-refractivity contribution in [2.75, 3.05) is 32.8 Å². The van der Waals surface area contributed by atoms with E-state index in [-0.39, 0.29) is 5.91 Å². The van der Waals surface area contributed by atoms with Gasteiger partial charge in [0.25, 0.3) is 5.91 Å². The molecule has 4 rings (SSSR count). The zero-order valence-corrected chi connectivity index (χ0v) is 15.7. The molecule has 0 aliphatic carbocycles. The second-order valence-corrected chi connectivity index (χ2v) is 7.59. The van der Waals surface area contributed by atoms with Gasteiger partial charge in [0.2, 0.25) is 0 Å². The molecular weight excluding hydrogens is 340 g/mol. The molecule has 3 heterocycles. The van der Waals surface area contributed by atoms with Crippen LogP contribution in [-0.2, 0) is 11.3 Å². The van der Waals surface area contributed by atoms with Crippen molar-refractivity contribution in [3.05, 3.63) is 53.9 Å². The first-order chi connectivity index (χ1) is 13.3. The predicted molar refractivity (Wildman–Crippen MR) is 103 cm³/mol. The van der Waals surface area contributed by atoms with Gasteiger partial charge in [-0.25, -0.2) is 0 Å². The van der Waals surface area contributed by atoms with E-state index < -0.39 is 0 Å². The molecule has 6 heteroatoms. The van der Waals surface area contributed by atoms with Gasteiger partial charge in [0, 0.05) is 31.7 Å². The summed E-state index contributed by atoms with van der Waals surface area (Å²) in [5.41, 5.74) is 1.75. The fourth-order valence-corrected chi connectivity index (χ4v) is 3.95. The Morgan fingerprint density at radius 3 is 2.93 bits per heavy atom. The quantitative estimate of drug-likeness (QED) is 0.851. The number of ether oxygens (including phenoxy) is 1. The van der Waals surface area contributed by atoms with E-state index in [0.29, 0.717) is 30.9 Å². The number of carbonyl (C=O) groups is 1. The van der Waals surface area contributed by atoms with Gasteiger partial charge in [-0.1, -0.05) is 30.3 Å². The van der Waals surface area contributed by atoms with Gasteiger partial charge in [-0.05, 0) is 37.4 Å². The minimum atomic E-state index is 0.0445. The Bertz CT molecular complexity index is 740. The van der Waals surface area contributed by atoms with Crippen molar-refractivity contribution in [2.24, 2.45) is 5.92 Å². The topological polar surface area (TPSA) is 59.4 Å². The molecule has 1 N–H and O–H groups in total. The number of nitrogens with zero attached hydrogens (tertiary/aromatic N) is 3. The van der Waals surface area contributed by atoms with Crippen LogP contribution in [0.2, 0.25) is 0 Å². The highest BCUT2D eigenvalue weighted by Gasteiger charge is 2.28. The normalized spacial score (nSPS) is 22.9. The zero-order valence-electron chi connectivity index (χ0n) is 15.7. The molecule has 0 spiro atoms. The molecule has 2 aromatic rings. The van der Waals surface area contributed by atoms with Crippen LogP contribution in [0.4, 0.5) is 0 Å². The van der Waals surface area contributed by atoms with Crippen LogP contribution in [-0.4, -0.2) is 53.4 Å². The molecule has 1 aromatic heterocycles. The second kappa shape index (κ2) is 8.67. The van der Waals surface area contributed by atoms with Crippen LogP contribution in [0.3, 0.4) is 0 Å². The highest BCUT2D eigenvalue weighted by Crippen LogP contribution is 2.20. The highest BCUT2D eigenvalue weighted by atomic mass is 16.5. The summed E-state index contributed by atoms with van der Waals surface area (Å²) in [6.07, 6.45) is 5.21. The first-order valence-electron chi connectivity index (χ1n) is 9.96.